The number of nitrogens with one attached hydrogen (secondary N) is 1. The molecular formula is C13H14BrClFNO. The number of alkyl halides is 1. The lowest BCUT2D eigenvalue weighted by Gasteiger charge is -2.28. The Kier molecular flexibility index (Phi) is 4.28. The molecule has 1 fully saturated rings. The molecule has 18 heavy (non-hydrogen) atoms. The zero-order valence-electron chi connectivity index (χ0n) is 9.81. The van der Waals surface area contributed by atoms with E-state index in [9.17, 15) is 9.18 Å². The lowest BCUT2D eigenvalue weighted by atomic mass is 9.99. The van der Waals surface area contributed by atoms with Crippen molar-refractivity contribution in [2.75, 3.05) is 5.88 Å². The molecule has 1 aliphatic rings. The van der Waals surface area contributed by atoms with Gasteiger partial charge in [0.2, 0.25) is 0 Å². The van der Waals surface area contributed by atoms with Gasteiger partial charge in [-0.05, 0) is 31.0 Å². The van der Waals surface area contributed by atoms with Crippen LogP contribution >= 0.6 is 27.5 Å². The van der Waals surface area contributed by atoms with Gasteiger partial charge in [-0.2, -0.15) is 0 Å². The fourth-order valence-corrected chi connectivity index (χ4v) is 3.02. The van der Waals surface area contributed by atoms with E-state index < -0.39 is 11.7 Å². The van der Waals surface area contributed by atoms with Gasteiger partial charge >= 0.3 is 0 Å². The Morgan fingerprint density at radius 3 is 2.72 bits per heavy atom. The highest BCUT2D eigenvalue weighted by molar-refractivity contribution is 9.10. The fraction of sp³-hybridized carbons (Fsp3) is 0.462. The number of hydrogen-bond acceptors (Lipinski definition) is 1. The molecule has 5 heteroatoms. The molecule has 2 nitrogen and oxygen atoms in total. The predicted octanol–water partition coefficient (Wildman–Crippen LogP) is 3.87. The Morgan fingerprint density at radius 1 is 1.44 bits per heavy atom. The van der Waals surface area contributed by atoms with Gasteiger partial charge in [0.25, 0.3) is 5.91 Å². The lowest BCUT2D eigenvalue weighted by molar-refractivity contribution is 0.0905. The number of rotatable bonds is 3. The van der Waals surface area contributed by atoms with Crippen molar-refractivity contribution in [2.45, 2.75) is 31.2 Å². The number of halogens is 3. The van der Waals surface area contributed by atoms with Crippen LogP contribution < -0.4 is 5.32 Å². The van der Waals surface area contributed by atoms with E-state index in [2.05, 4.69) is 21.2 Å². The molecule has 1 aromatic rings. The smallest absolute Gasteiger partial charge is 0.254 e. The van der Waals surface area contributed by atoms with E-state index >= 15 is 0 Å². The van der Waals surface area contributed by atoms with Gasteiger partial charge in [0.05, 0.1) is 11.1 Å². The number of amides is 1. The Hall–Kier alpha value is -0.610. The van der Waals surface area contributed by atoms with Crippen molar-refractivity contribution < 1.29 is 9.18 Å². The van der Waals surface area contributed by atoms with Gasteiger partial charge in [-0.3, -0.25) is 4.79 Å². The van der Waals surface area contributed by atoms with E-state index in [-0.39, 0.29) is 11.1 Å². The van der Waals surface area contributed by atoms with Gasteiger partial charge in [0.1, 0.15) is 5.82 Å². The normalized spacial score (nSPS) is 17.7. The maximum atomic E-state index is 13.6. The van der Waals surface area contributed by atoms with Crippen molar-refractivity contribution in [3.05, 3.63) is 34.1 Å². The summed E-state index contributed by atoms with van der Waals surface area (Å²) in [6.07, 6.45) is 3.82. The van der Waals surface area contributed by atoms with Crippen molar-refractivity contribution in [2.24, 2.45) is 0 Å². The number of carbonyl (C=O) groups is 1. The van der Waals surface area contributed by atoms with Gasteiger partial charge in [-0.1, -0.05) is 28.8 Å². The monoisotopic (exact) mass is 333 g/mol. The van der Waals surface area contributed by atoms with Crippen LogP contribution in [0, 0.1) is 5.82 Å². The van der Waals surface area contributed by atoms with Gasteiger partial charge in [-0.25, -0.2) is 4.39 Å². The standard InChI is InChI=1S/C13H14BrClFNO/c14-9-3-4-11(16)10(7-9)12(18)17-13(8-15)5-1-2-6-13/h3-4,7H,1-2,5-6,8H2,(H,17,18). The van der Waals surface area contributed by atoms with E-state index in [0.717, 1.165) is 25.7 Å². The van der Waals surface area contributed by atoms with Crippen molar-refractivity contribution in [1.29, 1.82) is 0 Å². The molecule has 2 rings (SSSR count). The number of benzene rings is 1. The van der Waals surface area contributed by atoms with Gasteiger partial charge in [0.15, 0.2) is 0 Å². The Balaban J connectivity index is 2.18. The summed E-state index contributed by atoms with van der Waals surface area (Å²) in [4.78, 5) is 12.1. The molecule has 0 radical (unpaired) electrons. The molecular weight excluding hydrogens is 321 g/mol. The second-order valence-corrected chi connectivity index (χ2v) is 5.88. The van der Waals surface area contributed by atoms with Crippen LogP contribution in [0.4, 0.5) is 4.39 Å². The largest absolute Gasteiger partial charge is 0.345 e. The molecule has 0 spiro atoms. The molecule has 1 aromatic carbocycles. The third kappa shape index (κ3) is 2.86. The lowest BCUT2D eigenvalue weighted by Crippen LogP contribution is -2.48. The maximum absolute atomic E-state index is 13.6. The third-order valence-corrected chi connectivity index (χ3v) is 4.37. The molecule has 0 unspecified atom stereocenters. The molecule has 0 bridgehead atoms. The van der Waals surface area contributed by atoms with Crippen molar-refractivity contribution in [3.63, 3.8) is 0 Å². The molecule has 0 heterocycles. The van der Waals surface area contributed by atoms with Crippen LogP contribution in [0.3, 0.4) is 0 Å². The quantitative estimate of drug-likeness (QED) is 0.835. The number of hydrogen-bond donors (Lipinski definition) is 1. The first-order valence-corrected chi connectivity index (χ1v) is 7.23. The Labute approximate surface area is 119 Å². The van der Waals surface area contributed by atoms with Crippen LogP contribution in [0.2, 0.25) is 0 Å². The molecule has 1 N–H and O–H groups in total. The highest BCUT2D eigenvalue weighted by atomic mass is 79.9. The van der Waals surface area contributed by atoms with Gasteiger partial charge in [-0.15, -0.1) is 11.6 Å². The predicted molar refractivity (Wildman–Crippen MR) is 73.5 cm³/mol. The van der Waals surface area contributed by atoms with Gasteiger partial charge < -0.3 is 5.32 Å². The van der Waals surface area contributed by atoms with E-state index in [4.69, 9.17) is 11.6 Å². The minimum Gasteiger partial charge on any atom is -0.345 e. The first kappa shape index (κ1) is 13.8. The zero-order valence-corrected chi connectivity index (χ0v) is 12.2. The zero-order chi connectivity index (χ0) is 13.2. The minimum atomic E-state index is -0.515. The summed E-state index contributed by atoms with van der Waals surface area (Å²) in [6, 6.07) is 4.33. The number of carbonyl (C=O) groups excluding carboxylic acids is 1. The Bertz CT molecular complexity index is 460. The van der Waals surface area contributed by atoms with Crippen LogP contribution in [0.5, 0.6) is 0 Å². The molecule has 1 amide bonds. The van der Waals surface area contributed by atoms with Crippen LogP contribution in [-0.2, 0) is 0 Å². The SMILES string of the molecule is O=C(NC1(CCl)CCCC1)c1cc(Br)ccc1F. The van der Waals surface area contributed by atoms with Crippen molar-refractivity contribution in [1.82, 2.24) is 5.32 Å². The highest BCUT2D eigenvalue weighted by Crippen LogP contribution is 2.31. The van der Waals surface area contributed by atoms with Crippen molar-refractivity contribution >= 4 is 33.4 Å². The van der Waals surface area contributed by atoms with Crippen molar-refractivity contribution in [3.8, 4) is 0 Å². The summed E-state index contributed by atoms with van der Waals surface area (Å²) in [7, 11) is 0. The molecule has 98 valence electrons. The molecule has 0 aliphatic heterocycles. The average molecular weight is 335 g/mol. The van der Waals surface area contributed by atoms with Crippen LogP contribution in [0.1, 0.15) is 36.0 Å². The van der Waals surface area contributed by atoms with E-state index in [1.807, 2.05) is 0 Å². The highest BCUT2D eigenvalue weighted by Gasteiger charge is 2.35. The van der Waals surface area contributed by atoms with E-state index in [1.165, 1.54) is 12.1 Å². The van der Waals surface area contributed by atoms with E-state index in [1.54, 1.807) is 6.07 Å². The summed E-state index contributed by atoms with van der Waals surface area (Å²) >= 11 is 9.18. The second kappa shape index (κ2) is 5.57. The van der Waals surface area contributed by atoms with Crippen LogP contribution in [-0.4, -0.2) is 17.3 Å². The minimum absolute atomic E-state index is 0.0563. The van der Waals surface area contributed by atoms with E-state index in [0.29, 0.717) is 10.4 Å². The maximum Gasteiger partial charge on any atom is 0.254 e. The average Bonchev–Trinajstić information content (AvgIpc) is 2.81. The summed E-state index contributed by atoms with van der Waals surface area (Å²) in [5.41, 5.74) is -0.311. The molecule has 0 saturated heterocycles. The molecule has 1 saturated carbocycles. The van der Waals surface area contributed by atoms with Gasteiger partial charge in [0, 0.05) is 10.4 Å². The molecule has 0 atom stereocenters. The molecule has 0 aromatic heterocycles. The summed E-state index contributed by atoms with van der Waals surface area (Å²) < 4.78 is 14.3. The van der Waals surface area contributed by atoms with Crippen LogP contribution in [0.25, 0.3) is 0 Å². The summed E-state index contributed by atoms with van der Waals surface area (Å²) in [5, 5.41) is 2.89. The second-order valence-electron chi connectivity index (χ2n) is 4.70. The summed E-state index contributed by atoms with van der Waals surface area (Å²) in [5.74, 6) is -0.538. The first-order chi connectivity index (χ1) is 8.56. The third-order valence-electron chi connectivity index (χ3n) is 3.37. The molecule has 1 aliphatic carbocycles. The summed E-state index contributed by atoms with van der Waals surface area (Å²) in [6.45, 7) is 0. The first-order valence-electron chi connectivity index (χ1n) is 5.90. The Morgan fingerprint density at radius 2 is 2.11 bits per heavy atom. The fourth-order valence-electron chi connectivity index (χ4n) is 2.32. The van der Waals surface area contributed by atoms with Crippen LogP contribution in [0.15, 0.2) is 22.7 Å². The topological polar surface area (TPSA) is 29.1 Å².